The van der Waals surface area contributed by atoms with Crippen molar-refractivity contribution in [2.45, 2.75) is 36.7 Å². The zero-order chi connectivity index (χ0) is 23.6. The Kier molecular flexibility index (Phi) is 6.85. The van der Waals surface area contributed by atoms with E-state index >= 15 is 0 Å². The highest BCUT2D eigenvalue weighted by Gasteiger charge is 2.40. The number of carbonyl (C=O) groups is 1. The van der Waals surface area contributed by atoms with Gasteiger partial charge in [0, 0.05) is 5.41 Å². The maximum atomic E-state index is 13.2. The van der Waals surface area contributed by atoms with Gasteiger partial charge >= 0.3 is 18.3 Å². The Bertz CT molecular complexity index is 905. The van der Waals surface area contributed by atoms with Crippen LogP contribution in [-0.2, 0) is 27.3 Å². The number of carboxylic acid groups (broad SMARTS) is 1. The van der Waals surface area contributed by atoms with Crippen molar-refractivity contribution in [2.24, 2.45) is 0 Å². The van der Waals surface area contributed by atoms with E-state index < -0.39 is 46.5 Å². The first-order valence-electron chi connectivity index (χ1n) is 9.82. The smallest absolute Gasteiger partial charge is 0.416 e. The number of hydrogen-bond acceptors (Lipinski definition) is 3. The minimum Gasteiger partial charge on any atom is -0.479 e. The average molecular weight is 461 g/mol. The van der Waals surface area contributed by atoms with E-state index in [0.29, 0.717) is 38.1 Å². The second-order valence-electron chi connectivity index (χ2n) is 7.76. The second kappa shape index (κ2) is 9.11. The number of alkyl halides is 6. The van der Waals surface area contributed by atoms with Crippen LogP contribution in [0.2, 0.25) is 0 Å². The van der Waals surface area contributed by atoms with Crippen LogP contribution < -0.4 is 5.32 Å². The first kappa shape index (κ1) is 24.1. The van der Waals surface area contributed by atoms with Crippen LogP contribution in [0, 0.1) is 0 Å². The molecule has 1 aliphatic rings. The van der Waals surface area contributed by atoms with Crippen molar-refractivity contribution in [1.82, 2.24) is 5.32 Å². The molecule has 32 heavy (non-hydrogen) atoms. The fourth-order valence-corrected chi connectivity index (χ4v) is 3.90. The Morgan fingerprint density at radius 1 is 0.969 bits per heavy atom. The molecule has 1 saturated heterocycles. The fourth-order valence-electron chi connectivity index (χ4n) is 3.90. The van der Waals surface area contributed by atoms with Gasteiger partial charge < -0.3 is 15.2 Å². The Labute approximate surface area is 180 Å². The van der Waals surface area contributed by atoms with Gasteiger partial charge in [-0.15, -0.1) is 0 Å². The van der Waals surface area contributed by atoms with Crippen LogP contribution in [0.4, 0.5) is 26.3 Å². The lowest BCUT2D eigenvalue weighted by Crippen LogP contribution is -2.43. The van der Waals surface area contributed by atoms with E-state index in [-0.39, 0.29) is 12.7 Å². The number of hydrogen-bond donors (Lipinski definition) is 2. The molecule has 10 heteroatoms. The fraction of sp³-hybridized carbons (Fsp3) is 0.409. The highest BCUT2D eigenvalue weighted by atomic mass is 19.4. The van der Waals surface area contributed by atoms with Crippen molar-refractivity contribution < 1.29 is 41.0 Å². The topological polar surface area (TPSA) is 58.6 Å². The van der Waals surface area contributed by atoms with Crippen LogP contribution in [0.25, 0.3) is 0 Å². The molecule has 174 valence electrons. The first-order chi connectivity index (χ1) is 14.9. The Hall–Kier alpha value is -2.59. The molecule has 0 saturated carbocycles. The molecule has 1 aliphatic heterocycles. The van der Waals surface area contributed by atoms with Gasteiger partial charge in [-0.1, -0.05) is 30.3 Å². The van der Waals surface area contributed by atoms with E-state index in [1.807, 2.05) is 12.1 Å². The molecule has 1 fully saturated rings. The van der Waals surface area contributed by atoms with Crippen LogP contribution in [-0.4, -0.2) is 30.8 Å². The largest absolute Gasteiger partial charge is 0.479 e. The van der Waals surface area contributed by atoms with Crippen LogP contribution in [0.15, 0.2) is 48.5 Å². The van der Waals surface area contributed by atoms with E-state index in [4.69, 9.17) is 4.74 Å². The highest BCUT2D eigenvalue weighted by molar-refractivity contribution is 5.74. The zero-order valence-corrected chi connectivity index (χ0v) is 16.8. The lowest BCUT2D eigenvalue weighted by atomic mass is 9.74. The van der Waals surface area contributed by atoms with Gasteiger partial charge in [0.1, 0.15) is 0 Å². The summed E-state index contributed by atoms with van der Waals surface area (Å²) in [6, 6.07) is 9.85. The standard InChI is InChI=1S/C22H21F6NO3/c23-21(24,25)16-10-14(11-17(12-16)22(26,27)28)18(19(30)31)32-13-20(6-8-29-9-7-20)15-4-2-1-3-5-15/h1-5,10-12,18,29H,6-9,13H2,(H,30,31). The molecular weight excluding hydrogens is 440 g/mol. The third-order valence-electron chi connectivity index (χ3n) is 5.61. The number of benzene rings is 2. The predicted molar refractivity (Wildman–Crippen MR) is 103 cm³/mol. The molecule has 1 heterocycles. The molecule has 0 radical (unpaired) electrons. The van der Waals surface area contributed by atoms with Gasteiger partial charge in [-0.05, 0) is 55.3 Å². The van der Waals surface area contributed by atoms with E-state index in [2.05, 4.69) is 5.32 Å². The molecule has 3 rings (SSSR count). The molecule has 0 spiro atoms. The van der Waals surface area contributed by atoms with Crippen LogP contribution in [0.3, 0.4) is 0 Å². The predicted octanol–water partition coefficient (Wildman–Crippen LogP) is 5.19. The molecule has 0 amide bonds. The first-order valence-corrected chi connectivity index (χ1v) is 9.82. The number of halogens is 6. The van der Waals surface area contributed by atoms with E-state index in [1.54, 1.807) is 18.2 Å². The van der Waals surface area contributed by atoms with Gasteiger partial charge in [0.25, 0.3) is 0 Å². The third kappa shape index (κ3) is 5.42. The molecule has 0 aliphatic carbocycles. The van der Waals surface area contributed by atoms with E-state index in [0.717, 1.165) is 5.56 Å². The summed E-state index contributed by atoms with van der Waals surface area (Å²) < 4.78 is 84.7. The Morgan fingerprint density at radius 2 is 1.50 bits per heavy atom. The van der Waals surface area contributed by atoms with E-state index in [1.165, 1.54) is 0 Å². The van der Waals surface area contributed by atoms with Crippen molar-refractivity contribution in [3.05, 3.63) is 70.8 Å². The van der Waals surface area contributed by atoms with Gasteiger partial charge in [0.2, 0.25) is 0 Å². The molecule has 2 aromatic rings. The molecule has 1 atom stereocenters. The summed E-state index contributed by atoms with van der Waals surface area (Å²) in [6.07, 6.45) is -11.0. The van der Waals surface area contributed by atoms with Crippen LogP contribution >= 0.6 is 0 Å². The number of piperidine rings is 1. The monoisotopic (exact) mass is 461 g/mol. The SMILES string of the molecule is O=C(O)C(OCC1(c2ccccc2)CCNCC1)c1cc(C(F)(F)F)cc(C(F)(F)F)c1. The maximum absolute atomic E-state index is 13.2. The third-order valence-corrected chi connectivity index (χ3v) is 5.61. The van der Waals surface area contributed by atoms with Crippen molar-refractivity contribution in [1.29, 1.82) is 0 Å². The lowest BCUT2D eigenvalue weighted by Gasteiger charge is -2.38. The highest BCUT2D eigenvalue weighted by Crippen LogP contribution is 2.39. The average Bonchev–Trinajstić information content (AvgIpc) is 2.73. The number of carboxylic acids is 1. The van der Waals surface area contributed by atoms with Gasteiger partial charge in [0.05, 0.1) is 17.7 Å². The quantitative estimate of drug-likeness (QED) is 0.582. The van der Waals surface area contributed by atoms with Gasteiger partial charge in [-0.2, -0.15) is 26.3 Å². The summed E-state index contributed by atoms with van der Waals surface area (Å²) >= 11 is 0. The normalized spacial score (nSPS) is 17.7. The summed E-state index contributed by atoms with van der Waals surface area (Å²) in [5.74, 6) is -1.67. The second-order valence-corrected chi connectivity index (χ2v) is 7.76. The van der Waals surface area contributed by atoms with Gasteiger partial charge in [-0.25, -0.2) is 4.79 Å². The van der Waals surface area contributed by atoms with E-state index in [9.17, 15) is 36.2 Å². The summed E-state index contributed by atoms with van der Waals surface area (Å²) in [5, 5.41) is 12.8. The maximum Gasteiger partial charge on any atom is 0.416 e. The van der Waals surface area contributed by atoms with Crippen molar-refractivity contribution in [2.75, 3.05) is 19.7 Å². The lowest BCUT2D eigenvalue weighted by molar-refractivity contribution is -0.153. The van der Waals surface area contributed by atoms with Gasteiger partial charge in [-0.3, -0.25) is 0 Å². The van der Waals surface area contributed by atoms with Gasteiger partial charge in [0.15, 0.2) is 6.10 Å². The number of nitrogens with one attached hydrogen (secondary N) is 1. The molecular formula is C22H21F6NO3. The molecule has 4 nitrogen and oxygen atoms in total. The summed E-state index contributed by atoms with van der Waals surface area (Å²) in [4.78, 5) is 11.8. The Balaban J connectivity index is 1.97. The number of aliphatic carboxylic acids is 1. The summed E-state index contributed by atoms with van der Waals surface area (Å²) in [6.45, 7) is 1.04. The minimum atomic E-state index is -5.08. The van der Waals surface area contributed by atoms with Crippen molar-refractivity contribution >= 4 is 5.97 Å². The number of rotatable bonds is 6. The molecule has 0 bridgehead atoms. The molecule has 1 unspecified atom stereocenters. The summed E-state index contributed by atoms with van der Waals surface area (Å²) in [5.41, 5.74) is -3.63. The minimum absolute atomic E-state index is 0.0410. The summed E-state index contributed by atoms with van der Waals surface area (Å²) in [7, 11) is 0. The number of ether oxygens (including phenoxy) is 1. The molecule has 2 aromatic carbocycles. The zero-order valence-electron chi connectivity index (χ0n) is 16.8. The molecule has 2 N–H and O–H groups in total. The Morgan fingerprint density at radius 3 is 1.97 bits per heavy atom. The van der Waals surface area contributed by atoms with Crippen LogP contribution in [0.5, 0.6) is 0 Å². The molecule has 0 aromatic heterocycles. The van der Waals surface area contributed by atoms with Crippen molar-refractivity contribution in [3.8, 4) is 0 Å². The van der Waals surface area contributed by atoms with Crippen molar-refractivity contribution in [3.63, 3.8) is 0 Å². The van der Waals surface area contributed by atoms with Crippen LogP contribution in [0.1, 0.15) is 41.2 Å².